The summed E-state index contributed by atoms with van der Waals surface area (Å²) >= 11 is 0. The molecule has 2 unspecified atom stereocenters. The summed E-state index contributed by atoms with van der Waals surface area (Å²) in [6, 6.07) is 34.7. The first-order chi connectivity index (χ1) is 40.6. The molecule has 0 saturated heterocycles. The van der Waals surface area contributed by atoms with Crippen molar-refractivity contribution in [2.45, 2.75) is 84.4 Å². The number of nitrogens with one attached hydrogen (secondary N) is 1. The van der Waals surface area contributed by atoms with Crippen LogP contribution in [0.25, 0.3) is 67.2 Å². The molecule has 0 saturated carbocycles. The highest BCUT2D eigenvalue weighted by Crippen LogP contribution is 2.38. The van der Waals surface area contributed by atoms with Crippen molar-refractivity contribution >= 4 is 79.7 Å². The Bertz CT molecular complexity index is 4190. The minimum absolute atomic E-state index is 0.111. The van der Waals surface area contributed by atoms with Crippen molar-refractivity contribution in [3.8, 4) is 34.5 Å². The third kappa shape index (κ3) is 11.7. The molecule has 10 aromatic rings. The number of aromatic nitrogens is 8. The quantitative estimate of drug-likeness (QED) is 0.129. The Labute approximate surface area is 487 Å². The van der Waals surface area contributed by atoms with Crippen LogP contribution in [0.4, 0.5) is 29.3 Å². The zero-order chi connectivity index (χ0) is 60.6. The number of hydrogen-bond donors (Lipinski definition) is 2. The lowest BCUT2D eigenvalue weighted by Crippen LogP contribution is -2.51. The molecule has 19 nitrogen and oxygen atoms in total. The van der Waals surface area contributed by atoms with E-state index >= 15 is 0 Å². The number of hydrogen-bond acceptors (Lipinski definition) is 12. The number of halogens is 3. The van der Waals surface area contributed by atoms with Crippen LogP contribution in [0.5, 0.6) is 11.5 Å². The van der Waals surface area contributed by atoms with Crippen LogP contribution < -0.4 is 30.3 Å². The van der Waals surface area contributed by atoms with Crippen LogP contribution in [0.3, 0.4) is 0 Å². The van der Waals surface area contributed by atoms with E-state index in [-0.39, 0.29) is 23.9 Å². The standard InChI is InChI=1S/C33H36N6O4.C28H28N6O2.C2HF3O/c1-7-38-26(17-21-12-10-14-34-29(21)38)30-36-24-16-22(18-27(42-6)28(24)37(30)5)31(40)39-19-23(35-32(41)43-33(2,3)4)15-20-11-8-9-13-25(20)39;1-4-33-23(14-18-9-7-11-30-26(18)33)27-31-21-13-19(15-24(36-3)25(21)32(27)2)28(35)34-16-20(29)12-17-8-5-6-10-22(17)34;3-2(4,5)1-6/h8-14,16-18,23H,7,15,19H2,1-6H3,(H,35,41);5-11,13-15,20H,4,12,16,29H2,1-3H3;1H. The average molecular weight is 1160 g/mol. The number of alkyl carbamates (subject to hydrolysis) is 1. The molecular weight excluding hydrogens is 1090 g/mol. The van der Waals surface area contributed by atoms with Crippen LogP contribution >= 0.6 is 0 Å². The van der Waals surface area contributed by atoms with Gasteiger partial charge in [0.1, 0.15) is 39.4 Å². The van der Waals surface area contributed by atoms with E-state index in [0.717, 1.165) is 98.1 Å². The van der Waals surface area contributed by atoms with Gasteiger partial charge in [0.2, 0.25) is 6.29 Å². The number of nitrogens with zero attached hydrogens (tertiary/aromatic N) is 10. The topological polar surface area (TPSA) is 212 Å². The van der Waals surface area contributed by atoms with Crippen LogP contribution in [0.2, 0.25) is 0 Å². The Kier molecular flexibility index (Phi) is 16.3. The van der Waals surface area contributed by atoms with Gasteiger partial charge in [-0.05, 0) is 131 Å². The van der Waals surface area contributed by atoms with Crippen molar-refractivity contribution in [1.82, 2.24) is 43.5 Å². The number of carbonyl (C=O) groups is 4. The molecule has 0 aliphatic carbocycles. The summed E-state index contributed by atoms with van der Waals surface area (Å²) in [4.78, 5) is 71.9. The average Bonchev–Trinajstić information content (AvgIpc) is 2.69. The zero-order valence-corrected chi connectivity index (χ0v) is 48.6. The van der Waals surface area contributed by atoms with Gasteiger partial charge in [0.15, 0.2) is 11.6 Å². The van der Waals surface area contributed by atoms with Gasteiger partial charge in [-0.15, -0.1) is 0 Å². The second kappa shape index (κ2) is 23.6. The van der Waals surface area contributed by atoms with Gasteiger partial charge in [0.05, 0.1) is 42.7 Å². The smallest absolute Gasteiger partial charge is 0.446 e. The first kappa shape index (κ1) is 58.6. The number of benzene rings is 4. The second-order valence-corrected chi connectivity index (χ2v) is 21.7. The largest absolute Gasteiger partial charge is 0.494 e. The number of para-hydroxylation sites is 2. The summed E-state index contributed by atoms with van der Waals surface area (Å²) in [5, 5.41) is 5.05. The van der Waals surface area contributed by atoms with E-state index < -0.39 is 24.2 Å². The Hall–Kier alpha value is -9.57. The molecule has 2 atom stereocenters. The van der Waals surface area contributed by atoms with Gasteiger partial charge >= 0.3 is 12.3 Å². The lowest BCUT2D eigenvalue weighted by atomic mass is 9.97. The molecule has 0 spiro atoms. The Balaban J connectivity index is 0.000000175. The second-order valence-electron chi connectivity index (χ2n) is 21.7. The molecule has 0 bridgehead atoms. The highest BCUT2D eigenvalue weighted by atomic mass is 19.4. The third-order valence-electron chi connectivity index (χ3n) is 14.9. The van der Waals surface area contributed by atoms with E-state index in [1.807, 2.05) is 123 Å². The predicted molar refractivity (Wildman–Crippen MR) is 320 cm³/mol. The fourth-order valence-corrected chi connectivity index (χ4v) is 11.3. The van der Waals surface area contributed by atoms with Crippen molar-refractivity contribution in [1.29, 1.82) is 0 Å². The molecule has 0 fully saturated rings. The van der Waals surface area contributed by atoms with E-state index in [4.69, 9.17) is 34.7 Å². The van der Waals surface area contributed by atoms with Crippen molar-refractivity contribution in [3.63, 3.8) is 0 Å². The number of nitrogens with two attached hydrogens (primary N) is 1. The highest BCUT2D eigenvalue weighted by molar-refractivity contribution is 6.10. The highest BCUT2D eigenvalue weighted by Gasteiger charge is 2.33. The minimum atomic E-state index is -4.64. The maximum absolute atomic E-state index is 14.2. The van der Waals surface area contributed by atoms with Gasteiger partial charge in [-0.1, -0.05) is 36.4 Å². The molecule has 440 valence electrons. The van der Waals surface area contributed by atoms with E-state index in [1.165, 1.54) is 0 Å². The molecule has 8 heterocycles. The summed E-state index contributed by atoms with van der Waals surface area (Å²) in [6.07, 6.45) is -1.27. The lowest BCUT2D eigenvalue weighted by molar-refractivity contribution is -0.156. The van der Waals surface area contributed by atoms with E-state index in [2.05, 4.69) is 56.5 Å². The van der Waals surface area contributed by atoms with Crippen molar-refractivity contribution in [3.05, 3.63) is 144 Å². The predicted octanol–water partition coefficient (Wildman–Crippen LogP) is 10.6. The number of imidazole rings is 2. The Morgan fingerprint density at radius 3 is 1.54 bits per heavy atom. The van der Waals surface area contributed by atoms with E-state index in [1.54, 1.807) is 48.5 Å². The summed E-state index contributed by atoms with van der Waals surface area (Å²) in [5.41, 5.74) is 17.1. The molecule has 2 aliphatic heterocycles. The number of alkyl halides is 3. The number of pyridine rings is 2. The van der Waals surface area contributed by atoms with Crippen LogP contribution in [0.15, 0.2) is 122 Å². The summed E-state index contributed by atoms with van der Waals surface area (Å²) in [5.74, 6) is 2.37. The number of carbonyl (C=O) groups excluding carboxylic acids is 4. The molecule has 2 aliphatic rings. The normalized spacial score (nSPS) is 14.9. The molecule has 85 heavy (non-hydrogen) atoms. The Morgan fingerprint density at radius 1 is 0.659 bits per heavy atom. The van der Waals surface area contributed by atoms with Crippen molar-refractivity contribution in [2.75, 3.05) is 37.1 Å². The first-order valence-corrected chi connectivity index (χ1v) is 27.7. The fraction of sp³-hybridized carbons (Fsp3) is 0.302. The SMILES string of the molecule is CCn1c(-c2nc3cc(C(=O)N4CC(N)Cc5ccccc54)cc(OC)c3n2C)cc2cccnc21.CCn1c(-c2nc3cc(C(=O)N4CC(NC(=O)OC(C)(C)C)Cc5ccccc54)cc(OC)c3n2C)cc2cccnc21.O=CC(F)(F)F. The summed E-state index contributed by atoms with van der Waals surface area (Å²) in [7, 11) is 7.14. The van der Waals surface area contributed by atoms with Gasteiger partial charge in [-0.25, -0.2) is 24.7 Å². The summed E-state index contributed by atoms with van der Waals surface area (Å²) < 4.78 is 56.6. The van der Waals surface area contributed by atoms with Gasteiger partial charge in [-0.3, -0.25) is 14.4 Å². The van der Waals surface area contributed by atoms with Crippen LogP contribution in [-0.2, 0) is 49.6 Å². The number of aldehydes is 1. The molecule has 0 radical (unpaired) electrons. The molecule has 12 rings (SSSR count). The number of fused-ring (bicyclic) bond motifs is 6. The molecular formula is C63H65F3N12O7. The van der Waals surface area contributed by atoms with Crippen LogP contribution in [-0.4, -0.2) is 114 Å². The number of methoxy groups -OCH3 is 2. The maximum atomic E-state index is 14.2. The lowest BCUT2D eigenvalue weighted by Gasteiger charge is -2.35. The summed E-state index contributed by atoms with van der Waals surface area (Å²) in [6.45, 7) is 11.9. The molecule has 4 aromatic carbocycles. The third-order valence-corrected chi connectivity index (χ3v) is 14.9. The minimum Gasteiger partial charge on any atom is -0.494 e. The van der Waals surface area contributed by atoms with E-state index in [0.29, 0.717) is 53.2 Å². The van der Waals surface area contributed by atoms with Crippen molar-refractivity contribution < 1.29 is 46.6 Å². The molecule has 3 amide bonds. The number of amides is 3. The van der Waals surface area contributed by atoms with Gasteiger partial charge in [0.25, 0.3) is 11.8 Å². The van der Waals surface area contributed by atoms with Gasteiger partial charge in [0, 0.05) is 92.0 Å². The van der Waals surface area contributed by atoms with Gasteiger partial charge < -0.3 is 53.3 Å². The fourth-order valence-electron chi connectivity index (χ4n) is 11.3. The Morgan fingerprint density at radius 2 is 1.11 bits per heavy atom. The van der Waals surface area contributed by atoms with Gasteiger partial charge in [-0.2, -0.15) is 13.2 Å². The van der Waals surface area contributed by atoms with Crippen LogP contribution in [0, 0.1) is 0 Å². The van der Waals surface area contributed by atoms with E-state index in [9.17, 15) is 27.6 Å². The first-order valence-electron chi connectivity index (χ1n) is 27.7. The number of aryl methyl sites for hydroxylation is 4. The van der Waals surface area contributed by atoms with Crippen LogP contribution in [0.1, 0.15) is 66.5 Å². The number of ether oxygens (including phenoxy) is 3. The number of rotatable bonds is 9. The number of anilines is 2. The molecule has 22 heteroatoms. The molecule has 6 aromatic heterocycles. The zero-order valence-electron chi connectivity index (χ0n) is 48.6. The van der Waals surface area contributed by atoms with Crippen molar-refractivity contribution in [2.24, 2.45) is 19.8 Å². The maximum Gasteiger partial charge on any atom is 0.446 e. The molecule has 3 N–H and O–H groups in total. The monoisotopic (exact) mass is 1160 g/mol.